The van der Waals surface area contributed by atoms with Crippen LogP contribution in [0.5, 0.6) is 0 Å². The van der Waals surface area contributed by atoms with E-state index in [-0.39, 0.29) is 0 Å². The van der Waals surface area contributed by atoms with Gasteiger partial charge in [0.05, 0.1) is 5.41 Å². The van der Waals surface area contributed by atoms with Crippen molar-refractivity contribution in [3.05, 3.63) is 197 Å². The summed E-state index contributed by atoms with van der Waals surface area (Å²) in [5.41, 5.74) is 19.8. The Balaban J connectivity index is 1.22. The lowest BCUT2D eigenvalue weighted by atomic mass is 9.61. The van der Waals surface area contributed by atoms with Crippen molar-refractivity contribution >= 4 is 58.4 Å². The van der Waals surface area contributed by atoms with Crippen molar-refractivity contribution < 1.29 is 0 Å². The SMILES string of the molecule is C[Si]1(C)c2c(cccc2N(c2ccccc2)c2ccccc2)-c2ccc3c(c21)-c1ccc2c4c(ccc(c14)C31c3ccccc3-c3ccccc31)C=C2. The van der Waals surface area contributed by atoms with Crippen LogP contribution in [0.2, 0.25) is 13.1 Å². The summed E-state index contributed by atoms with van der Waals surface area (Å²) >= 11 is 0. The van der Waals surface area contributed by atoms with E-state index in [1.165, 1.54) is 99.8 Å². The predicted octanol–water partition coefficient (Wildman–Crippen LogP) is 11.9. The summed E-state index contributed by atoms with van der Waals surface area (Å²) in [6.07, 6.45) is 4.63. The highest BCUT2D eigenvalue weighted by molar-refractivity contribution is 7.05. The molecule has 0 unspecified atom stereocenters. The maximum absolute atomic E-state index is 2.61. The molecule has 8 aromatic rings. The van der Waals surface area contributed by atoms with E-state index >= 15 is 0 Å². The topological polar surface area (TPSA) is 3.24 Å². The Hall–Kier alpha value is -6.22. The molecule has 248 valence electrons. The summed E-state index contributed by atoms with van der Waals surface area (Å²) in [7, 11) is -2.39. The number of rotatable bonds is 3. The van der Waals surface area contributed by atoms with E-state index in [2.05, 4.69) is 194 Å². The van der Waals surface area contributed by atoms with Crippen LogP contribution in [0.25, 0.3) is 56.3 Å². The molecule has 1 heterocycles. The fourth-order valence-electron chi connectivity index (χ4n) is 10.9. The zero-order chi connectivity index (χ0) is 35.1. The number of fused-ring (bicyclic) bond motifs is 13. The summed E-state index contributed by atoms with van der Waals surface area (Å²) in [5.74, 6) is 0. The van der Waals surface area contributed by atoms with Gasteiger partial charge in [-0.3, -0.25) is 0 Å². The number of hydrogen-bond acceptors (Lipinski definition) is 1. The smallest absolute Gasteiger partial charge is 0.117 e. The highest BCUT2D eigenvalue weighted by Gasteiger charge is 2.53. The highest BCUT2D eigenvalue weighted by atomic mass is 28.3. The summed E-state index contributed by atoms with van der Waals surface area (Å²) in [4.78, 5) is 2.49. The van der Waals surface area contributed by atoms with Crippen LogP contribution in [-0.4, -0.2) is 8.07 Å². The summed E-state index contributed by atoms with van der Waals surface area (Å²) in [6, 6.07) is 61.9. The average molecular weight is 690 g/mol. The second-order valence-corrected chi connectivity index (χ2v) is 19.8. The second kappa shape index (κ2) is 10.2. The van der Waals surface area contributed by atoms with E-state index in [1.54, 1.807) is 5.19 Å². The number of nitrogens with zero attached hydrogens (tertiary/aromatic N) is 1. The maximum atomic E-state index is 2.61. The fraction of sp³-hybridized carbons (Fsp3) is 0.0588. The molecule has 1 aliphatic heterocycles. The van der Waals surface area contributed by atoms with E-state index in [4.69, 9.17) is 0 Å². The van der Waals surface area contributed by atoms with E-state index < -0.39 is 13.5 Å². The van der Waals surface area contributed by atoms with E-state index in [0.29, 0.717) is 0 Å². The second-order valence-electron chi connectivity index (χ2n) is 15.6. The molecule has 0 radical (unpaired) electrons. The monoisotopic (exact) mass is 689 g/mol. The zero-order valence-corrected chi connectivity index (χ0v) is 30.7. The number of hydrogen-bond donors (Lipinski definition) is 0. The Morgan fingerprint density at radius 3 is 1.58 bits per heavy atom. The third-order valence-electron chi connectivity index (χ3n) is 12.8. The number of benzene rings is 8. The lowest BCUT2D eigenvalue weighted by molar-refractivity contribution is 0.774. The summed E-state index contributed by atoms with van der Waals surface area (Å²) in [6.45, 7) is 5.21. The first-order chi connectivity index (χ1) is 26.1. The van der Waals surface area contributed by atoms with E-state index in [9.17, 15) is 0 Å². The van der Waals surface area contributed by atoms with Crippen molar-refractivity contribution in [3.8, 4) is 33.4 Å². The summed E-state index contributed by atoms with van der Waals surface area (Å²) in [5, 5.41) is 5.90. The van der Waals surface area contributed by atoms with Gasteiger partial charge in [0.25, 0.3) is 0 Å². The first kappa shape index (κ1) is 29.4. The Kier molecular flexibility index (Phi) is 5.66. The molecule has 0 saturated heterocycles. The molecule has 3 aliphatic carbocycles. The van der Waals surface area contributed by atoms with Crippen LogP contribution in [0, 0.1) is 0 Å². The van der Waals surface area contributed by atoms with Gasteiger partial charge >= 0.3 is 0 Å². The Labute approximate surface area is 311 Å². The van der Waals surface area contributed by atoms with Gasteiger partial charge < -0.3 is 4.90 Å². The van der Waals surface area contributed by atoms with Crippen LogP contribution in [-0.2, 0) is 5.41 Å². The largest absolute Gasteiger partial charge is 0.311 e. The van der Waals surface area contributed by atoms with Crippen molar-refractivity contribution in [1.82, 2.24) is 0 Å². The predicted molar refractivity (Wildman–Crippen MR) is 226 cm³/mol. The molecule has 53 heavy (non-hydrogen) atoms. The molecule has 0 bridgehead atoms. The Morgan fingerprint density at radius 2 is 0.925 bits per heavy atom. The van der Waals surface area contributed by atoms with Crippen LogP contribution in [0.4, 0.5) is 17.1 Å². The standard InChI is InChI=1S/C51H35NSi/c1-53(2)49-38(20-13-23-45(49)52(34-14-5-3-6-15-34)35-16-7-4-8-17-35)39-29-31-44-48(50(39)53)40-28-26-32-24-25-33-27-30-43(47(40)46(32)33)51(44)41-21-11-9-18-36(41)37-19-10-12-22-42(37)51/h3-31H,1-2H3. The van der Waals surface area contributed by atoms with Gasteiger partial charge in [0.2, 0.25) is 0 Å². The average Bonchev–Trinajstić information content (AvgIpc) is 3.84. The number of anilines is 3. The molecule has 0 N–H and O–H groups in total. The Morgan fingerprint density at radius 1 is 0.396 bits per heavy atom. The molecule has 2 heteroatoms. The highest BCUT2D eigenvalue weighted by Crippen LogP contribution is 2.63. The van der Waals surface area contributed by atoms with E-state index in [1.807, 2.05) is 0 Å². The van der Waals surface area contributed by atoms with Gasteiger partial charge in [0, 0.05) is 17.1 Å². The van der Waals surface area contributed by atoms with Crippen LogP contribution < -0.4 is 15.3 Å². The van der Waals surface area contributed by atoms with Crippen molar-refractivity contribution in [1.29, 1.82) is 0 Å². The van der Waals surface area contributed by atoms with Crippen LogP contribution in [0.1, 0.15) is 33.4 Å². The van der Waals surface area contributed by atoms with Gasteiger partial charge in [-0.05, 0) is 118 Å². The van der Waals surface area contributed by atoms with Crippen molar-refractivity contribution in [3.63, 3.8) is 0 Å². The van der Waals surface area contributed by atoms with E-state index in [0.717, 1.165) is 0 Å². The van der Waals surface area contributed by atoms with Crippen molar-refractivity contribution in [2.75, 3.05) is 4.90 Å². The maximum Gasteiger partial charge on any atom is 0.117 e. The Bertz CT molecular complexity index is 2820. The first-order valence-electron chi connectivity index (χ1n) is 18.8. The minimum Gasteiger partial charge on any atom is -0.311 e. The third kappa shape index (κ3) is 3.52. The lowest BCUT2D eigenvalue weighted by Crippen LogP contribution is -2.52. The molecule has 1 nitrogen and oxygen atoms in total. The minimum atomic E-state index is -2.39. The molecular formula is C51H35NSi. The molecule has 0 atom stereocenters. The van der Waals surface area contributed by atoms with Crippen molar-refractivity contribution in [2.24, 2.45) is 0 Å². The van der Waals surface area contributed by atoms with Crippen LogP contribution in [0.15, 0.2) is 164 Å². The minimum absolute atomic E-state index is 0.424. The molecule has 0 saturated carbocycles. The quantitative estimate of drug-likeness (QED) is 0.167. The molecule has 12 rings (SSSR count). The van der Waals surface area contributed by atoms with Gasteiger partial charge in [-0.1, -0.05) is 159 Å². The van der Waals surface area contributed by atoms with Gasteiger partial charge in [0.1, 0.15) is 8.07 Å². The van der Waals surface area contributed by atoms with Gasteiger partial charge in [-0.15, -0.1) is 0 Å². The van der Waals surface area contributed by atoms with Gasteiger partial charge in [-0.2, -0.15) is 0 Å². The molecular weight excluding hydrogens is 655 g/mol. The molecule has 0 fully saturated rings. The van der Waals surface area contributed by atoms with Crippen LogP contribution >= 0.6 is 0 Å². The first-order valence-corrected chi connectivity index (χ1v) is 21.8. The molecule has 0 aromatic heterocycles. The lowest BCUT2D eigenvalue weighted by Gasteiger charge is -2.42. The molecule has 8 aromatic carbocycles. The fourth-order valence-corrected chi connectivity index (χ4v) is 14.6. The van der Waals surface area contributed by atoms with Crippen molar-refractivity contribution in [2.45, 2.75) is 18.5 Å². The normalized spacial score (nSPS) is 15.2. The molecule has 4 aliphatic rings. The molecule has 0 amide bonds. The number of para-hydroxylation sites is 2. The molecule has 1 spiro atoms. The van der Waals surface area contributed by atoms with Crippen LogP contribution in [0.3, 0.4) is 0 Å². The van der Waals surface area contributed by atoms with Gasteiger partial charge in [0.15, 0.2) is 0 Å². The third-order valence-corrected chi connectivity index (χ3v) is 16.3. The zero-order valence-electron chi connectivity index (χ0n) is 29.7. The summed E-state index contributed by atoms with van der Waals surface area (Å²) < 4.78 is 0. The van der Waals surface area contributed by atoms with Gasteiger partial charge in [-0.25, -0.2) is 0 Å².